The molecule has 1 aromatic carbocycles. The number of rotatable bonds is 5. The Morgan fingerprint density at radius 1 is 1.16 bits per heavy atom. The van der Waals surface area contributed by atoms with E-state index in [1.165, 1.54) is 22.8 Å². The van der Waals surface area contributed by atoms with Crippen molar-refractivity contribution >= 4 is 40.6 Å². The summed E-state index contributed by atoms with van der Waals surface area (Å²) in [5.41, 5.74) is 1.34. The summed E-state index contributed by atoms with van der Waals surface area (Å²) in [5, 5.41) is 13.2. The molecule has 4 rings (SSSR count). The summed E-state index contributed by atoms with van der Waals surface area (Å²) in [6.45, 7) is 0. The first-order chi connectivity index (χ1) is 14.9. The number of carbonyl (C=O) groups excluding carboxylic acids is 2. The molecule has 2 heterocycles. The Labute approximate surface area is 183 Å². The van der Waals surface area contributed by atoms with Crippen LogP contribution in [0, 0.1) is 11.7 Å². The lowest BCUT2D eigenvalue weighted by molar-refractivity contribution is -0.120. The molecule has 0 atom stereocenters. The summed E-state index contributed by atoms with van der Waals surface area (Å²) < 4.78 is 14.7. The van der Waals surface area contributed by atoms with Gasteiger partial charge in [-0.2, -0.15) is 0 Å². The van der Waals surface area contributed by atoms with Gasteiger partial charge < -0.3 is 16.0 Å². The molecule has 0 radical (unpaired) electrons. The molecule has 0 saturated heterocycles. The van der Waals surface area contributed by atoms with E-state index in [9.17, 15) is 14.0 Å². The van der Waals surface area contributed by atoms with Crippen molar-refractivity contribution in [3.63, 3.8) is 0 Å². The number of hydrogen-bond donors (Lipinski definition) is 3. The van der Waals surface area contributed by atoms with Gasteiger partial charge in [-0.1, -0.05) is 11.6 Å². The van der Waals surface area contributed by atoms with Crippen LogP contribution in [0.2, 0.25) is 5.02 Å². The number of amides is 2. The molecule has 3 N–H and O–H groups in total. The van der Waals surface area contributed by atoms with E-state index >= 15 is 0 Å². The molecule has 0 unspecified atom stereocenters. The normalized spacial score (nSPS) is 18.5. The van der Waals surface area contributed by atoms with Crippen molar-refractivity contribution < 1.29 is 14.0 Å². The first kappa shape index (κ1) is 21.0. The van der Waals surface area contributed by atoms with Crippen LogP contribution in [0.1, 0.15) is 36.2 Å². The van der Waals surface area contributed by atoms with Crippen molar-refractivity contribution in [2.75, 3.05) is 17.7 Å². The van der Waals surface area contributed by atoms with Gasteiger partial charge in [0.25, 0.3) is 5.91 Å². The minimum Gasteiger partial charge on any atom is -0.372 e. The zero-order valence-corrected chi connectivity index (χ0v) is 17.6. The number of aromatic nitrogens is 3. The highest BCUT2D eigenvalue weighted by Gasteiger charge is 2.28. The van der Waals surface area contributed by atoms with Gasteiger partial charge >= 0.3 is 0 Å². The Morgan fingerprint density at radius 2 is 1.94 bits per heavy atom. The van der Waals surface area contributed by atoms with E-state index in [1.807, 2.05) is 0 Å². The average molecular weight is 445 g/mol. The predicted octanol–water partition coefficient (Wildman–Crippen LogP) is 3.49. The second-order valence-corrected chi connectivity index (χ2v) is 7.92. The van der Waals surface area contributed by atoms with E-state index in [0.717, 1.165) is 6.07 Å². The topological polar surface area (TPSA) is 100 Å². The number of nitrogens with one attached hydrogen (secondary N) is 3. The van der Waals surface area contributed by atoms with Gasteiger partial charge in [0, 0.05) is 19.0 Å². The third kappa shape index (κ3) is 4.61. The highest BCUT2D eigenvalue weighted by molar-refractivity contribution is 6.33. The van der Waals surface area contributed by atoms with Crippen LogP contribution in [0.4, 0.5) is 15.9 Å². The summed E-state index contributed by atoms with van der Waals surface area (Å²) >= 11 is 5.98. The molecule has 2 aromatic heterocycles. The first-order valence-corrected chi connectivity index (χ1v) is 10.4. The van der Waals surface area contributed by atoms with E-state index in [0.29, 0.717) is 48.5 Å². The number of benzene rings is 1. The van der Waals surface area contributed by atoms with Crippen LogP contribution in [-0.2, 0) is 4.79 Å². The minimum absolute atomic E-state index is 0.0380. The van der Waals surface area contributed by atoms with Crippen molar-refractivity contribution in [2.24, 2.45) is 5.92 Å². The Kier molecular flexibility index (Phi) is 6.03. The fourth-order valence-corrected chi connectivity index (χ4v) is 3.96. The standard InChI is InChI=1S/C21H22ClFN6O2/c1-24-18-8-9-19-25-11-17(29(19)28-18)21(31)26-14-5-2-12(3-6-14)20(30)27-16-7-4-13(23)10-15(16)22/h4,7-12,14H,2-3,5-6H2,1H3,(H,24,28)(H,26,31)(H,27,30)/t12-,14-. The largest absolute Gasteiger partial charge is 0.372 e. The minimum atomic E-state index is -0.456. The van der Waals surface area contributed by atoms with Gasteiger partial charge in [0.15, 0.2) is 11.3 Å². The molecule has 31 heavy (non-hydrogen) atoms. The number of fused-ring (bicyclic) bond motifs is 1. The molecule has 0 bridgehead atoms. The quantitative estimate of drug-likeness (QED) is 0.559. The Morgan fingerprint density at radius 3 is 2.65 bits per heavy atom. The molecule has 8 nitrogen and oxygen atoms in total. The van der Waals surface area contributed by atoms with Crippen LogP contribution >= 0.6 is 11.6 Å². The summed E-state index contributed by atoms with van der Waals surface area (Å²) in [4.78, 5) is 29.5. The first-order valence-electron chi connectivity index (χ1n) is 10.0. The Balaban J connectivity index is 1.34. The van der Waals surface area contributed by atoms with Gasteiger partial charge in [-0.25, -0.2) is 13.9 Å². The molecule has 3 aromatic rings. The van der Waals surface area contributed by atoms with E-state index in [-0.39, 0.29) is 28.8 Å². The van der Waals surface area contributed by atoms with Crippen molar-refractivity contribution in [1.29, 1.82) is 0 Å². The van der Waals surface area contributed by atoms with Crippen LogP contribution in [0.15, 0.2) is 36.5 Å². The summed E-state index contributed by atoms with van der Waals surface area (Å²) in [6.07, 6.45) is 4.11. The smallest absolute Gasteiger partial charge is 0.271 e. The summed E-state index contributed by atoms with van der Waals surface area (Å²) in [7, 11) is 1.75. The molecule has 1 aliphatic carbocycles. The summed E-state index contributed by atoms with van der Waals surface area (Å²) in [5.74, 6) is -0.414. The maximum Gasteiger partial charge on any atom is 0.271 e. The molecule has 10 heteroatoms. The fraction of sp³-hybridized carbons (Fsp3) is 0.333. The molecule has 0 spiro atoms. The molecule has 2 amide bonds. The van der Waals surface area contributed by atoms with Crippen molar-refractivity contribution in [3.8, 4) is 0 Å². The molecule has 0 aliphatic heterocycles. The summed E-state index contributed by atoms with van der Waals surface area (Å²) in [6, 6.07) is 7.40. The van der Waals surface area contributed by atoms with Crippen LogP contribution < -0.4 is 16.0 Å². The van der Waals surface area contributed by atoms with Gasteiger partial charge in [0.1, 0.15) is 11.6 Å². The maximum absolute atomic E-state index is 13.2. The van der Waals surface area contributed by atoms with E-state index in [1.54, 1.807) is 19.2 Å². The monoisotopic (exact) mass is 444 g/mol. The second-order valence-electron chi connectivity index (χ2n) is 7.52. The zero-order chi connectivity index (χ0) is 22.0. The van der Waals surface area contributed by atoms with Crippen LogP contribution in [-0.4, -0.2) is 39.5 Å². The molecular weight excluding hydrogens is 423 g/mol. The van der Waals surface area contributed by atoms with Crippen molar-refractivity contribution in [1.82, 2.24) is 19.9 Å². The van der Waals surface area contributed by atoms with E-state index < -0.39 is 5.82 Å². The Hall–Kier alpha value is -3.20. The van der Waals surface area contributed by atoms with Crippen molar-refractivity contribution in [3.05, 3.63) is 53.1 Å². The molecular formula is C21H22ClFN6O2. The number of nitrogens with zero attached hydrogens (tertiary/aromatic N) is 3. The van der Waals surface area contributed by atoms with Gasteiger partial charge in [-0.15, -0.1) is 5.10 Å². The highest BCUT2D eigenvalue weighted by atomic mass is 35.5. The molecule has 162 valence electrons. The number of imidazole rings is 1. The average Bonchev–Trinajstić information content (AvgIpc) is 3.19. The van der Waals surface area contributed by atoms with E-state index in [4.69, 9.17) is 11.6 Å². The molecule has 1 saturated carbocycles. The third-order valence-corrected chi connectivity index (χ3v) is 5.79. The number of anilines is 2. The number of carbonyl (C=O) groups is 2. The van der Waals surface area contributed by atoms with E-state index in [2.05, 4.69) is 26.0 Å². The third-order valence-electron chi connectivity index (χ3n) is 5.47. The van der Waals surface area contributed by atoms with Gasteiger partial charge in [-0.3, -0.25) is 9.59 Å². The lowest BCUT2D eigenvalue weighted by atomic mass is 9.85. The van der Waals surface area contributed by atoms with Crippen LogP contribution in [0.25, 0.3) is 5.65 Å². The molecule has 1 fully saturated rings. The van der Waals surface area contributed by atoms with Crippen molar-refractivity contribution in [2.45, 2.75) is 31.7 Å². The second kappa shape index (κ2) is 8.89. The SMILES string of the molecule is CNc1ccc2ncc(C(=O)N[C@H]3CC[C@H](C(=O)Nc4ccc(F)cc4Cl)CC3)n2n1. The lowest BCUT2D eigenvalue weighted by Crippen LogP contribution is -2.40. The highest BCUT2D eigenvalue weighted by Crippen LogP contribution is 2.28. The van der Waals surface area contributed by atoms with Crippen LogP contribution in [0.3, 0.4) is 0 Å². The van der Waals surface area contributed by atoms with Crippen LogP contribution in [0.5, 0.6) is 0 Å². The molecule has 1 aliphatic rings. The van der Waals surface area contributed by atoms with Gasteiger partial charge in [0.05, 0.1) is 16.9 Å². The fourth-order valence-electron chi connectivity index (χ4n) is 3.75. The number of hydrogen-bond acceptors (Lipinski definition) is 5. The Bertz CT molecular complexity index is 1130. The number of halogens is 2. The van der Waals surface area contributed by atoms with Gasteiger partial charge in [0.2, 0.25) is 5.91 Å². The lowest BCUT2D eigenvalue weighted by Gasteiger charge is -2.28. The van der Waals surface area contributed by atoms with Gasteiger partial charge in [-0.05, 0) is 56.0 Å². The predicted molar refractivity (Wildman–Crippen MR) is 116 cm³/mol. The zero-order valence-electron chi connectivity index (χ0n) is 16.9. The maximum atomic E-state index is 13.2.